The highest BCUT2D eigenvalue weighted by Gasteiger charge is 2.15. The molecule has 42 heavy (non-hydrogen) atoms. The molecule has 0 saturated carbocycles. The molecule has 0 aliphatic carbocycles. The van der Waals surface area contributed by atoms with Crippen LogP contribution in [0.4, 0.5) is 17.1 Å². The van der Waals surface area contributed by atoms with Crippen molar-refractivity contribution in [1.82, 2.24) is 4.98 Å². The van der Waals surface area contributed by atoms with Gasteiger partial charge in [-0.3, -0.25) is 0 Å². The van der Waals surface area contributed by atoms with Crippen LogP contribution in [0, 0.1) is 0 Å². The molecule has 2 nitrogen and oxygen atoms in total. The van der Waals surface area contributed by atoms with Gasteiger partial charge in [0.05, 0.1) is 10.2 Å². The summed E-state index contributed by atoms with van der Waals surface area (Å²) in [4.78, 5) is 7.23. The second-order valence-corrected chi connectivity index (χ2v) is 11.5. The van der Waals surface area contributed by atoms with Gasteiger partial charge in [0, 0.05) is 22.6 Å². The molecule has 0 unspecified atom stereocenters. The van der Waals surface area contributed by atoms with E-state index >= 15 is 0 Å². The molecule has 1 aromatic heterocycles. The van der Waals surface area contributed by atoms with E-state index in [1.807, 2.05) is 6.07 Å². The fraction of sp³-hybridized carbons (Fsp3) is 0. The molecule has 0 N–H and O–H groups in total. The quantitative estimate of drug-likeness (QED) is 0.197. The average Bonchev–Trinajstić information content (AvgIpc) is 3.50. The predicted molar refractivity (Wildman–Crippen MR) is 180 cm³/mol. The summed E-state index contributed by atoms with van der Waals surface area (Å²) < 4.78 is 1.17. The Bertz CT molecular complexity index is 2180. The van der Waals surface area contributed by atoms with Crippen LogP contribution >= 0.6 is 11.3 Å². The summed E-state index contributed by atoms with van der Waals surface area (Å²) in [7, 11) is 0. The Morgan fingerprint density at radius 2 is 1.05 bits per heavy atom. The highest BCUT2D eigenvalue weighted by atomic mass is 32.1. The van der Waals surface area contributed by atoms with Gasteiger partial charge in [-0.15, -0.1) is 11.3 Å². The van der Waals surface area contributed by atoms with Gasteiger partial charge < -0.3 is 4.90 Å². The van der Waals surface area contributed by atoms with Gasteiger partial charge in [-0.05, 0) is 81.2 Å². The van der Waals surface area contributed by atoms with Crippen molar-refractivity contribution in [2.24, 2.45) is 0 Å². The van der Waals surface area contributed by atoms with Crippen molar-refractivity contribution in [2.45, 2.75) is 0 Å². The van der Waals surface area contributed by atoms with E-state index in [1.165, 1.54) is 37.4 Å². The molecular weight excluding hydrogens is 529 g/mol. The van der Waals surface area contributed by atoms with Crippen LogP contribution in [-0.2, 0) is 0 Å². The lowest BCUT2D eigenvalue weighted by Gasteiger charge is -2.25. The molecule has 8 rings (SSSR count). The fourth-order valence-corrected chi connectivity index (χ4v) is 6.77. The molecule has 198 valence electrons. The number of aromatic nitrogens is 1. The van der Waals surface area contributed by atoms with Crippen LogP contribution in [0.25, 0.3) is 53.5 Å². The van der Waals surface area contributed by atoms with Gasteiger partial charge >= 0.3 is 0 Å². The first-order valence-corrected chi connectivity index (χ1v) is 14.9. The summed E-state index contributed by atoms with van der Waals surface area (Å²) in [6.45, 7) is 0. The number of fused-ring (bicyclic) bond motifs is 4. The zero-order valence-electron chi connectivity index (χ0n) is 22.8. The van der Waals surface area contributed by atoms with Gasteiger partial charge in [0.2, 0.25) is 0 Å². The normalized spacial score (nSPS) is 11.3. The lowest BCUT2D eigenvalue weighted by atomic mass is 9.97. The molecule has 0 radical (unpaired) electrons. The molecule has 1 heterocycles. The van der Waals surface area contributed by atoms with Gasteiger partial charge in [0.25, 0.3) is 0 Å². The lowest BCUT2D eigenvalue weighted by Crippen LogP contribution is -2.09. The number of hydrogen-bond acceptors (Lipinski definition) is 3. The molecule has 7 aromatic carbocycles. The number of para-hydroxylation sites is 1. The summed E-state index contributed by atoms with van der Waals surface area (Å²) in [5.74, 6) is 0. The Hall–Kier alpha value is -5.25. The maximum absolute atomic E-state index is 4.91. The van der Waals surface area contributed by atoms with Crippen LogP contribution in [0.15, 0.2) is 158 Å². The van der Waals surface area contributed by atoms with Crippen LogP contribution < -0.4 is 4.90 Å². The summed E-state index contributed by atoms with van der Waals surface area (Å²) >= 11 is 1.74. The Labute approximate surface area is 248 Å². The summed E-state index contributed by atoms with van der Waals surface area (Å²) in [6, 6.07) is 56.3. The van der Waals surface area contributed by atoms with E-state index < -0.39 is 0 Å². The fourth-order valence-electron chi connectivity index (χ4n) is 5.77. The van der Waals surface area contributed by atoms with E-state index in [2.05, 4.69) is 157 Å². The van der Waals surface area contributed by atoms with Crippen LogP contribution in [0.1, 0.15) is 0 Å². The van der Waals surface area contributed by atoms with Crippen molar-refractivity contribution < 1.29 is 0 Å². The number of nitrogens with zero attached hydrogens (tertiary/aromatic N) is 2. The number of anilines is 3. The summed E-state index contributed by atoms with van der Waals surface area (Å²) in [5, 5.41) is 6.15. The van der Waals surface area contributed by atoms with Crippen molar-refractivity contribution in [1.29, 1.82) is 0 Å². The van der Waals surface area contributed by atoms with Gasteiger partial charge in [0.15, 0.2) is 0 Å². The monoisotopic (exact) mass is 554 g/mol. The Balaban J connectivity index is 1.19. The minimum atomic E-state index is 1.02. The SMILES string of the molecule is c1ccc(-c2nc3ccc(N(c4ccccc4)c4ccc(-c5ccc6ccc7ccccc7c6c5)cc4)cc3s2)cc1. The van der Waals surface area contributed by atoms with Gasteiger partial charge in [0.1, 0.15) is 5.01 Å². The first kappa shape index (κ1) is 24.5. The van der Waals surface area contributed by atoms with Crippen LogP contribution in [-0.4, -0.2) is 4.98 Å². The third kappa shape index (κ3) is 4.41. The minimum Gasteiger partial charge on any atom is -0.310 e. The minimum absolute atomic E-state index is 1.02. The maximum atomic E-state index is 4.91. The zero-order chi connectivity index (χ0) is 27.9. The van der Waals surface area contributed by atoms with Gasteiger partial charge in [-0.2, -0.15) is 0 Å². The zero-order valence-corrected chi connectivity index (χ0v) is 23.6. The molecule has 0 aliphatic heterocycles. The van der Waals surface area contributed by atoms with E-state index in [1.54, 1.807) is 11.3 Å². The number of benzene rings is 7. The van der Waals surface area contributed by atoms with E-state index in [-0.39, 0.29) is 0 Å². The molecule has 0 spiro atoms. The Morgan fingerprint density at radius 1 is 0.429 bits per heavy atom. The number of rotatable bonds is 5. The summed E-state index contributed by atoms with van der Waals surface area (Å²) in [6.07, 6.45) is 0. The van der Waals surface area contributed by atoms with Gasteiger partial charge in [-0.25, -0.2) is 4.98 Å². The second kappa shape index (κ2) is 10.3. The van der Waals surface area contributed by atoms with Crippen molar-refractivity contribution >= 4 is 60.2 Å². The largest absolute Gasteiger partial charge is 0.310 e. The molecule has 0 fully saturated rings. The third-order valence-corrected chi connectivity index (χ3v) is 8.94. The van der Waals surface area contributed by atoms with Crippen molar-refractivity contribution in [3.8, 4) is 21.7 Å². The number of thiazole rings is 1. The van der Waals surface area contributed by atoms with Crippen LogP contribution in [0.5, 0.6) is 0 Å². The van der Waals surface area contributed by atoms with Crippen LogP contribution in [0.2, 0.25) is 0 Å². The highest BCUT2D eigenvalue weighted by Crippen LogP contribution is 2.39. The second-order valence-electron chi connectivity index (χ2n) is 10.5. The van der Waals surface area contributed by atoms with Crippen molar-refractivity contribution in [3.63, 3.8) is 0 Å². The molecule has 0 bridgehead atoms. The molecule has 0 atom stereocenters. The lowest BCUT2D eigenvalue weighted by molar-refractivity contribution is 1.29. The highest BCUT2D eigenvalue weighted by molar-refractivity contribution is 7.21. The van der Waals surface area contributed by atoms with Gasteiger partial charge in [-0.1, -0.05) is 109 Å². The summed E-state index contributed by atoms with van der Waals surface area (Å²) in [5.41, 5.74) is 7.94. The average molecular weight is 555 g/mol. The van der Waals surface area contributed by atoms with Crippen molar-refractivity contribution in [2.75, 3.05) is 4.90 Å². The maximum Gasteiger partial charge on any atom is 0.124 e. The molecular formula is C39H26N2S. The molecule has 3 heteroatoms. The van der Waals surface area contributed by atoms with E-state index in [9.17, 15) is 0 Å². The Kier molecular flexibility index (Phi) is 6.02. The Morgan fingerprint density at radius 3 is 1.86 bits per heavy atom. The number of hydrogen-bond donors (Lipinski definition) is 0. The molecule has 0 saturated heterocycles. The predicted octanol–water partition coefficient (Wildman–Crippen LogP) is 11.4. The van der Waals surface area contributed by atoms with E-state index in [4.69, 9.17) is 4.98 Å². The molecule has 8 aromatic rings. The van der Waals surface area contributed by atoms with Crippen molar-refractivity contribution in [3.05, 3.63) is 158 Å². The molecule has 0 amide bonds. The molecule has 0 aliphatic rings. The van der Waals surface area contributed by atoms with E-state index in [0.29, 0.717) is 0 Å². The topological polar surface area (TPSA) is 16.1 Å². The smallest absolute Gasteiger partial charge is 0.124 e. The third-order valence-electron chi connectivity index (χ3n) is 7.87. The van der Waals surface area contributed by atoms with Crippen LogP contribution in [0.3, 0.4) is 0 Å². The first-order chi connectivity index (χ1) is 20.8. The van der Waals surface area contributed by atoms with E-state index in [0.717, 1.165) is 33.1 Å². The standard InChI is InChI=1S/C39H26N2S/c1-3-10-30(11-4-1)39-40-37-24-23-34(26-38(37)42-39)41(32-12-5-2-6-13-32)33-21-19-27(20-22-33)31-18-17-29-16-15-28-9-7-8-14-35(28)36(29)25-31/h1-26H. The first-order valence-electron chi connectivity index (χ1n) is 14.1.